The van der Waals surface area contributed by atoms with Crippen LogP contribution in [0.5, 0.6) is 5.75 Å². The summed E-state index contributed by atoms with van der Waals surface area (Å²) in [6.45, 7) is 1.78. The minimum atomic E-state index is -2.86. The highest BCUT2D eigenvalue weighted by atomic mass is 35.5. The first kappa shape index (κ1) is 18.6. The van der Waals surface area contributed by atoms with Crippen LogP contribution in [0, 0.1) is 5.41 Å². The molecule has 1 heterocycles. The van der Waals surface area contributed by atoms with Gasteiger partial charge in [-0.15, -0.1) is 12.4 Å². The van der Waals surface area contributed by atoms with Gasteiger partial charge in [-0.1, -0.05) is 6.92 Å². The van der Waals surface area contributed by atoms with E-state index in [0.29, 0.717) is 12.1 Å². The Hall–Kier alpha value is -1.40. The lowest BCUT2D eigenvalue weighted by Crippen LogP contribution is -2.45. The van der Waals surface area contributed by atoms with Crippen LogP contribution in [0.3, 0.4) is 0 Å². The fraction of sp³-hybridized carbons (Fsp3) is 0.533. The summed E-state index contributed by atoms with van der Waals surface area (Å²) in [5.41, 5.74) is 0.496. The molecule has 0 radical (unpaired) electrons. The zero-order chi connectivity index (χ0) is 15.3. The first-order chi connectivity index (χ1) is 9.98. The van der Waals surface area contributed by atoms with Crippen LogP contribution < -0.4 is 15.4 Å². The van der Waals surface area contributed by atoms with E-state index in [1.165, 1.54) is 24.3 Å². The number of ether oxygens (including phenoxy) is 1. The zero-order valence-electron chi connectivity index (χ0n) is 12.4. The van der Waals surface area contributed by atoms with Crippen LogP contribution in [0.2, 0.25) is 0 Å². The molecule has 1 aliphatic rings. The van der Waals surface area contributed by atoms with Gasteiger partial charge in [-0.25, -0.2) is 0 Å². The second kappa shape index (κ2) is 8.29. The van der Waals surface area contributed by atoms with Gasteiger partial charge in [-0.3, -0.25) is 4.79 Å². The molecular weight excluding hydrogens is 314 g/mol. The molecule has 0 spiro atoms. The lowest BCUT2D eigenvalue weighted by molar-refractivity contribution is -0.0498. The molecule has 0 aliphatic carbocycles. The van der Waals surface area contributed by atoms with E-state index >= 15 is 0 Å². The van der Waals surface area contributed by atoms with Crippen molar-refractivity contribution in [3.8, 4) is 5.75 Å². The quantitative estimate of drug-likeness (QED) is 0.870. The summed E-state index contributed by atoms with van der Waals surface area (Å²) in [6, 6.07) is 5.69. The van der Waals surface area contributed by atoms with E-state index in [2.05, 4.69) is 22.3 Å². The Labute approximate surface area is 135 Å². The Kier molecular flexibility index (Phi) is 7.03. The van der Waals surface area contributed by atoms with Crippen molar-refractivity contribution in [2.24, 2.45) is 5.41 Å². The highest BCUT2D eigenvalue weighted by Gasteiger charge is 2.27. The van der Waals surface area contributed by atoms with E-state index in [4.69, 9.17) is 0 Å². The van der Waals surface area contributed by atoms with Gasteiger partial charge in [0.2, 0.25) is 0 Å². The van der Waals surface area contributed by atoms with E-state index in [-0.39, 0.29) is 29.5 Å². The molecule has 4 nitrogen and oxygen atoms in total. The maximum absolute atomic E-state index is 12.0. The minimum absolute atomic E-state index is 0. The molecule has 1 unspecified atom stereocenters. The number of halogens is 3. The van der Waals surface area contributed by atoms with Crippen LogP contribution in [0.15, 0.2) is 24.3 Å². The summed E-state index contributed by atoms with van der Waals surface area (Å²) in [6.07, 6.45) is 2.17. The van der Waals surface area contributed by atoms with Crippen molar-refractivity contribution >= 4 is 18.3 Å². The molecule has 22 heavy (non-hydrogen) atoms. The number of alkyl halides is 2. The molecule has 0 saturated carbocycles. The van der Waals surface area contributed by atoms with Gasteiger partial charge in [0.1, 0.15) is 5.75 Å². The number of carbonyl (C=O) groups excluding carboxylic acids is 1. The summed E-state index contributed by atoms with van der Waals surface area (Å²) in [7, 11) is 0. The summed E-state index contributed by atoms with van der Waals surface area (Å²) in [4.78, 5) is 12.0. The number of amides is 1. The van der Waals surface area contributed by atoms with E-state index in [1.54, 1.807) is 0 Å². The van der Waals surface area contributed by atoms with Gasteiger partial charge in [-0.05, 0) is 49.1 Å². The van der Waals surface area contributed by atoms with Gasteiger partial charge in [-0.2, -0.15) is 8.78 Å². The Bertz CT molecular complexity index is 477. The number of hydrogen-bond acceptors (Lipinski definition) is 3. The second-order valence-electron chi connectivity index (χ2n) is 5.68. The van der Waals surface area contributed by atoms with E-state index in [0.717, 1.165) is 25.9 Å². The van der Waals surface area contributed by atoms with E-state index in [1.807, 2.05) is 0 Å². The van der Waals surface area contributed by atoms with Crippen LogP contribution in [0.25, 0.3) is 0 Å². The van der Waals surface area contributed by atoms with Gasteiger partial charge >= 0.3 is 6.61 Å². The Morgan fingerprint density at radius 2 is 2.09 bits per heavy atom. The van der Waals surface area contributed by atoms with Crippen LogP contribution in [0.1, 0.15) is 30.1 Å². The molecule has 1 aliphatic heterocycles. The Balaban J connectivity index is 0.00000242. The van der Waals surface area contributed by atoms with Crippen molar-refractivity contribution in [3.05, 3.63) is 29.8 Å². The maximum Gasteiger partial charge on any atom is 0.387 e. The van der Waals surface area contributed by atoms with Crippen molar-refractivity contribution in [3.63, 3.8) is 0 Å². The zero-order valence-corrected chi connectivity index (χ0v) is 13.2. The molecule has 0 bridgehead atoms. The molecular formula is C15H21ClF2N2O2. The van der Waals surface area contributed by atoms with Crippen molar-refractivity contribution in [1.29, 1.82) is 0 Å². The van der Waals surface area contributed by atoms with Gasteiger partial charge in [0, 0.05) is 18.7 Å². The van der Waals surface area contributed by atoms with Crippen LogP contribution in [-0.4, -0.2) is 32.2 Å². The van der Waals surface area contributed by atoms with Crippen molar-refractivity contribution in [1.82, 2.24) is 10.6 Å². The summed E-state index contributed by atoms with van der Waals surface area (Å²) in [5.74, 6) is -0.157. The molecule has 2 rings (SSSR count). The van der Waals surface area contributed by atoms with Crippen molar-refractivity contribution in [2.75, 3.05) is 19.6 Å². The smallest absolute Gasteiger partial charge is 0.387 e. The molecule has 2 N–H and O–H groups in total. The number of benzene rings is 1. The molecule has 1 aromatic carbocycles. The predicted octanol–water partition coefficient (Wildman–Crippen LogP) is 2.83. The number of hydrogen-bond donors (Lipinski definition) is 2. The molecule has 124 valence electrons. The van der Waals surface area contributed by atoms with Gasteiger partial charge in [0.15, 0.2) is 0 Å². The summed E-state index contributed by atoms with van der Waals surface area (Å²) >= 11 is 0. The summed E-state index contributed by atoms with van der Waals surface area (Å²) in [5, 5.41) is 6.23. The Morgan fingerprint density at radius 1 is 1.41 bits per heavy atom. The van der Waals surface area contributed by atoms with Gasteiger partial charge in [0.05, 0.1) is 0 Å². The first-order valence-electron chi connectivity index (χ1n) is 7.02. The molecule has 1 amide bonds. The lowest BCUT2D eigenvalue weighted by atomic mass is 9.83. The highest BCUT2D eigenvalue weighted by Crippen LogP contribution is 2.24. The third kappa shape index (κ3) is 5.42. The molecule has 7 heteroatoms. The fourth-order valence-electron chi connectivity index (χ4n) is 2.45. The standard InChI is InChI=1S/C15H20F2N2O2.ClH/c1-15(7-2-8-18-9-15)10-19-13(20)11-3-5-12(6-4-11)21-14(16)17;/h3-6,14,18H,2,7-10H2,1H3,(H,19,20);1H. The third-order valence-electron chi connectivity index (χ3n) is 3.70. The third-order valence-corrected chi connectivity index (χ3v) is 3.70. The van der Waals surface area contributed by atoms with Crippen LogP contribution in [0.4, 0.5) is 8.78 Å². The fourth-order valence-corrected chi connectivity index (χ4v) is 2.45. The molecule has 1 fully saturated rings. The largest absolute Gasteiger partial charge is 0.435 e. The molecule has 0 aromatic heterocycles. The van der Waals surface area contributed by atoms with Gasteiger partial charge in [0.25, 0.3) is 5.91 Å². The molecule has 1 atom stereocenters. The SMILES string of the molecule is CC1(CNC(=O)c2ccc(OC(F)F)cc2)CCCNC1.Cl. The lowest BCUT2D eigenvalue weighted by Gasteiger charge is -2.34. The predicted molar refractivity (Wildman–Crippen MR) is 82.9 cm³/mol. The average Bonchev–Trinajstić information content (AvgIpc) is 2.46. The van der Waals surface area contributed by atoms with Crippen LogP contribution in [-0.2, 0) is 0 Å². The van der Waals surface area contributed by atoms with E-state index < -0.39 is 6.61 Å². The van der Waals surface area contributed by atoms with E-state index in [9.17, 15) is 13.6 Å². The highest BCUT2D eigenvalue weighted by molar-refractivity contribution is 5.94. The molecule has 1 aromatic rings. The topological polar surface area (TPSA) is 50.4 Å². The average molecular weight is 335 g/mol. The first-order valence-corrected chi connectivity index (χ1v) is 7.02. The molecule has 1 saturated heterocycles. The maximum atomic E-state index is 12.0. The number of piperidine rings is 1. The van der Waals surface area contributed by atoms with Crippen molar-refractivity contribution in [2.45, 2.75) is 26.4 Å². The second-order valence-corrected chi connectivity index (χ2v) is 5.68. The minimum Gasteiger partial charge on any atom is -0.435 e. The normalized spacial score (nSPS) is 21.1. The Morgan fingerprint density at radius 3 is 2.64 bits per heavy atom. The van der Waals surface area contributed by atoms with Crippen LogP contribution >= 0.6 is 12.4 Å². The van der Waals surface area contributed by atoms with Gasteiger partial charge < -0.3 is 15.4 Å². The number of rotatable bonds is 5. The monoisotopic (exact) mass is 334 g/mol. The van der Waals surface area contributed by atoms with Crippen molar-refractivity contribution < 1.29 is 18.3 Å². The number of carbonyl (C=O) groups is 1. The summed E-state index contributed by atoms with van der Waals surface area (Å²) < 4.78 is 28.3. The number of nitrogens with one attached hydrogen (secondary N) is 2.